The van der Waals surface area contributed by atoms with Crippen molar-refractivity contribution < 1.29 is 14.3 Å². The maximum atomic E-state index is 12.5. The molecule has 2 aromatic rings. The lowest BCUT2D eigenvalue weighted by Gasteiger charge is -2.27. The topological polar surface area (TPSA) is 83.6 Å². The lowest BCUT2D eigenvalue weighted by atomic mass is 10.1. The number of anilines is 2. The fourth-order valence-corrected chi connectivity index (χ4v) is 3.45. The van der Waals surface area contributed by atoms with E-state index in [0.717, 1.165) is 24.3 Å². The van der Waals surface area contributed by atoms with Gasteiger partial charge in [0.1, 0.15) is 11.9 Å². The first-order valence-corrected chi connectivity index (χ1v) is 9.18. The molecule has 0 spiro atoms. The number of piperazine rings is 1. The van der Waals surface area contributed by atoms with Crippen LogP contribution in [0.4, 0.5) is 11.5 Å². The van der Waals surface area contributed by atoms with Crippen LogP contribution in [-0.2, 0) is 14.3 Å². The number of benzene rings is 1. The van der Waals surface area contributed by atoms with Crippen LogP contribution in [-0.4, -0.2) is 42.5 Å². The molecule has 0 radical (unpaired) electrons. The Labute approximate surface area is 157 Å². The molecule has 2 aliphatic rings. The van der Waals surface area contributed by atoms with Gasteiger partial charge in [0.2, 0.25) is 5.91 Å². The number of rotatable bonds is 4. The van der Waals surface area contributed by atoms with Gasteiger partial charge in [-0.15, -0.1) is 0 Å². The predicted octanol–water partition coefficient (Wildman–Crippen LogP) is 1.88. The molecular weight excluding hydrogens is 344 g/mol. The van der Waals surface area contributed by atoms with Crippen molar-refractivity contribution >= 4 is 23.3 Å². The van der Waals surface area contributed by atoms with Crippen molar-refractivity contribution in [1.82, 2.24) is 10.3 Å². The molecule has 2 saturated heterocycles. The summed E-state index contributed by atoms with van der Waals surface area (Å²) in [5.41, 5.74) is 1.72. The molecule has 1 aromatic carbocycles. The SMILES string of the molecule is O=C1CN(c2ccc(NC(=O)[C@H]3CC[C@@H](c4ccccc4)O3)cn2)CCN1. The van der Waals surface area contributed by atoms with Crippen LogP contribution in [0.25, 0.3) is 0 Å². The van der Waals surface area contributed by atoms with Gasteiger partial charge in [0.25, 0.3) is 5.91 Å². The standard InChI is InChI=1S/C20H22N4O3/c25-19-13-24(11-10-21-19)18-9-6-15(12-22-18)23-20(26)17-8-7-16(27-17)14-4-2-1-3-5-14/h1-6,9,12,16-17H,7-8,10-11,13H2,(H,21,25)(H,23,26)/t16-,17+/m0/s1. The van der Waals surface area contributed by atoms with E-state index in [-0.39, 0.29) is 17.9 Å². The number of hydrogen-bond donors (Lipinski definition) is 2. The largest absolute Gasteiger partial charge is 0.360 e. The van der Waals surface area contributed by atoms with Gasteiger partial charge in [-0.2, -0.15) is 0 Å². The predicted molar refractivity (Wildman–Crippen MR) is 101 cm³/mol. The number of carbonyl (C=O) groups excluding carboxylic acids is 2. The molecular formula is C20H22N4O3. The number of ether oxygens (including phenoxy) is 1. The summed E-state index contributed by atoms with van der Waals surface area (Å²) in [5.74, 6) is 0.566. The number of pyridine rings is 1. The summed E-state index contributed by atoms with van der Waals surface area (Å²) in [6, 6.07) is 13.6. The van der Waals surface area contributed by atoms with Crippen molar-refractivity contribution in [2.75, 3.05) is 29.9 Å². The fraction of sp³-hybridized carbons (Fsp3) is 0.350. The minimum Gasteiger partial charge on any atom is -0.360 e. The first-order valence-electron chi connectivity index (χ1n) is 9.18. The zero-order valence-corrected chi connectivity index (χ0v) is 14.9. The number of nitrogens with one attached hydrogen (secondary N) is 2. The molecule has 7 nitrogen and oxygen atoms in total. The third-order valence-corrected chi connectivity index (χ3v) is 4.86. The highest BCUT2D eigenvalue weighted by Gasteiger charge is 2.31. The molecule has 140 valence electrons. The Kier molecular flexibility index (Phi) is 5.02. The highest BCUT2D eigenvalue weighted by Crippen LogP contribution is 2.33. The highest BCUT2D eigenvalue weighted by molar-refractivity contribution is 5.94. The molecule has 0 unspecified atom stereocenters. The summed E-state index contributed by atoms with van der Waals surface area (Å²) in [4.78, 5) is 30.3. The summed E-state index contributed by atoms with van der Waals surface area (Å²) in [5, 5.41) is 5.66. The third-order valence-electron chi connectivity index (χ3n) is 4.86. The number of aromatic nitrogens is 1. The van der Waals surface area contributed by atoms with Gasteiger partial charge < -0.3 is 20.3 Å². The number of amides is 2. The first kappa shape index (κ1) is 17.5. The van der Waals surface area contributed by atoms with E-state index in [1.807, 2.05) is 41.3 Å². The lowest BCUT2D eigenvalue weighted by Crippen LogP contribution is -2.48. The molecule has 2 amide bonds. The van der Waals surface area contributed by atoms with Crippen LogP contribution in [0.2, 0.25) is 0 Å². The van der Waals surface area contributed by atoms with Crippen LogP contribution in [0, 0.1) is 0 Å². The van der Waals surface area contributed by atoms with Gasteiger partial charge in [0.05, 0.1) is 24.5 Å². The van der Waals surface area contributed by atoms with Crippen molar-refractivity contribution in [1.29, 1.82) is 0 Å². The molecule has 1 aromatic heterocycles. The van der Waals surface area contributed by atoms with E-state index in [9.17, 15) is 9.59 Å². The Morgan fingerprint density at radius 3 is 2.78 bits per heavy atom. The van der Waals surface area contributed by atoms with Crippen LogP contribution >= 0.6 is 0 Å². The quantitative estimate of drug-likeness (QED) is 0.863. The molecule has 3 heterocycles. The molecule has 2 N–H and O–H groups in total. The maximum absolute atomic E-state index is 12.5. The van der Waals surface area contributed by atoms with Crippen molar-refractivity contribution in [3.05, 3.63) is 54.2 Å². The minimum atomic E-state index is -0.458. The van der Waals surface area contributed by atoms with Gasteiger partial charge in [0.15, 0.2) is 0 Å². The summed E-state index contributed by atoms with van der Waals surface area (Å²) >= 11 is 0. The monoisotopic (exact) mass is 366 g/mol. The Balaban J connectivity index is 1.34. The molecule has 4 rings (SSSR count). The van der Waals surface area contributed by atoms with E-state index in [2.05, 4.69) is 15.6 Å². The lowest BCUT2D eigenvalue weighted by molar-refractivity contribution is -0.126. The normalized spacial score (nSPS) is 22.4. The molecule has 27 heavy (non-hydrogen) atoms. The summed E-state index contributed by atoms with van der Waals surface area (Å²) in [7, 11) is 0. The summed E-state index contributed by atoms with van der Waals surface area (Å²) < 4.78 is 5.93. The average molecular weight is 366 g/mol. The maximum Gasteiger partial charge on any atom is 0.253 e. The molecule has 0 bridgehead atoms. The second-order valence-electron chi connectivity index (χ2n) is 6.77. The molecule has 2 fully saturated rings. The van der Waals surface area contributed by atoms with E-state index >= 15 is 0 Å². The second-order valence-corrected chi connectivity index (χ2v) is 6.77. The van der Waals surface area contributed by atoms with Crippen molar-refractivity contribution in [3.8, 4) is 0 Å². The number of nitrogens with zero attached hydrogens (tertiary/aromatic N) is 2. The minimum absolute atomic E-state index is 0.00761. The summed E-state index contributed by atoms with van der Waals surface area (Å²) in [6.07, 6.45) is 2.65. The Bertz CT molecular complexity index is 810. The van der Waals surface area contributed by atoms with Crippen molar-refractivity contribution in [2.45, 2.75) is 25.0 Å². The second kappa shape index (κ2) is 7.75. The van der Waals surface area contributed by atoms with E-state index in [1.54, 1.807) is 12.3 Å². The Hall–Kier alpha value is -2.93. The van der Waals surface area contributed by atoms with E-state index in [4.69, 9.17) is 4.74 Å². The van der Waals surface area contributed by atoms with Crippen molar-refractivity contribution in [3.63, 3.8) is 0 Å². The highest BCUT2D eigenvalue weighted by atomic mass is 16.5. The van der Waals surface area contributed by atoms with Gasteiger partial charge in [-0.1, -0.05) is 30.3 Å². The van der Waals surface area contributed by atoms with Gasteiger partial charge in [0, 0.05) is 13.1 Å². The van der Waals surface area contributed by atoms with Crippen molar-refractivity contribution in [2.24, 2.45) is 0 Å². The van der Waals surface area contributed by atoms with Crippen LogP contribution in [0.3, 0.4) is 0 Å². The van der Waals surface area contributed by atoms with E-state index in [1.165, 1.54) is 0 Å². The van der Waals surface area contributed by atoms with Gasteiger partial charge in [-0.25, -0.2) is 4.98 Å². The van der Waals surface area contributed by atoms with E-state index in [0.29, 0.717) is 25.2 Å². The number of hydrogen-bond acceptors (Lipinski definition) is 5. The fourth-order valence-electron chi connectivity index (χ4n) is 3.45. The summed E-state index contributed by atoms with van der Waals surface area (Å²) in [6.45, 7) is 1.64. The third kappa shape index (κ3) is 4.09. The van der Waals surface area contributed by atoms with Gasteiger partial charge in [-0.3, -0.25) is 9.59 Å². The molecule has 7 heteroatoms. The first-order chi connectivity index (χ1) is 13.2. The smallest absolute Gasteiger partial charge is 0.253 e. The molecule has 0 saturated carbocycles. The molecule has 2 atom stereocenters. The zero-order valence-electron chi connectivity index (χ0n) is 14.9. The van der Waals surface area contributed by atoms with Gasteiger partial charge >= 0.3 is 0 Å². The molecule has 2 aliphatic heterocycles. The Morgan fingerprint density at radius 2 is 2.04 bits per heavy atom. The van der Waals surface area contributed by atoms with Crippen LogP contribution in [0.5, 0.6) is 0 Å². The van der Waals surface area contributed by atoms with Crippen LogP contribution in [0.1, 0.15) is 24.5 Å². The zero-order chi connectivity index (χ0) is 18.6. The van der Waals surface area contributed by atoms with E-state index < -0.39 is 6.10 Å². The molecule has 0 aliphatic carbocycles. The van der Waals surface area contributed by atoms with Gasteiger partial charge in [-0.05, 0) is 30.5 Å². The average Bonchev–Trinajstić information content (AvgIpc) is 3.20. The van der Waals surface area contributed by atoms with Crippen LogP contribution in [0.15, 0.2) is 48.7 Å². The Morgan fingerprint density at radius 1 is 1.19 bits per heavy atom. The van der Waals surface area contributed by atoms with Crippen LogP contribution < -0.4 is 15.5 Å². The number of carbonyl (C=O) groups is 2.